The van der Waals surface area contributed by atoms with Crippen LogP contribution in [0, 0.1) is 13.8 Å². The lowest BCUT2D eigenvalue weighted by Gasteiger charge is -2.41. The van der Waals surface area contributed by atoms with Crippen molar-refractivity contribution in [3.63, 3.8) is 0 Å². The summed E-state index contributed by atoms with van der Waals surface area (Å²) in [5.41, 5.74) is 3.36. The van der Waals surface area contributed by atoms with Gasteiger partial charge in [-0.05, 0) is 62.4 Å². The van der Waals surface area contributed by atoms with Crippen LogP contribution in [0.3, 0.4) is 0 Å². The minimum Gasteiger partial charge on any atom is -0.487 e. The van der Waals surface area contributed by atoms with Crippen LogP contribution in [0.25, 0.3) is 0 Å². The molecule has 33 heavy (non-hydrogen) atoms. The molecule has 7 heteroatoms. The van der Waals surface area contributed by atoms with Gasteiger partial charge in [-0.3, -0.25) is 9.10 Å². The summed E-state index contributed by atoms with van der Waals surface area (Å²) >= 11 is 0. The maximum atomic E-state index is 12.9. The summed E-state index contributed by atoms with van der Waals surface area (Å²) in [6.07, 6.45) is 4.34. The van der Waals surface area contributed by atoms with Crippen molar-refractivity contribution in [1.29, 1.82) is 0 Å². The van der Waals surface area contributed by atoms with Crippen LogP contribution in [0.15, 0.2) is 42.5 Å². The third-order valence-electron chi connectivity index (χ3n) is 6.48. The molecule has 1 aliphatic rings. The van der Waals surface area contributed by atoms with Gasteiger partial charge in [0.1, 0.15) is 11.4 Å². The predicted octanol–water partition coefficient (Wildman–Crippen LogP) is 5.05. The van der Waals surface area contributed by atoms with E-state index in [1.165, 1.54) is 10.6 Å². The van der Waals surface area contributed by atoms with E-state index in [1.54, 1.807) is 0 Å². The number of fused-ring (bicyclic) bond motifs is 1. The maximum Gasteiger partial charge on any atom is 0.232 e. The number of aryl methyl sites for hydroxylation is 2. The number of nitrogens with zero attached hydrogens (tertiary/aromatic N) is 1. The van der Waals surface area contributed by atoms with Crippen LogP contribution in [0.1, 0.15) is 68.7 Å². The van der Waals surface area contributed by atoms with E-state index in [-0.39, 0.29) is 30.5 Å². The fourth-order valence-electron chi connectivity index (χ4n) is 4.66. The average Bonchev–Trinajstić information content (AvgIpc) is 2.75. The Labute approximate surface area is 198 Å². The quantitative estimate of drug-likeness (QED) is 0.554. The Hall–Kier alpha value is -2.54. The van der Waals surface area contributed by atoms with Crippen molar-refractivity contribution in [2.45, 2.75) is 71.4 Å². The third-order valence-corrected chi connectivity index (χ3v) is 7.67. The Morgan fingerprint density at radius 1 is 1.12 bits per heavy atom. The van der Waals surface area contributed by atoms with Gasteiger partial charge < -0.3 is 10.1 Å². The molecule has 1 aliphatic heterocycles. The van der Waals surface area contributed by atoms with Gasteiger partial charge in [-0.2, -0.15) is 0 Å². The molecule has 2 aromatic carbocycles. The number of para-hydroxylation sites is 1. The number of anilines is 1. The van der Waals surface area contributed by atoms with Crippen molar-refractivity contribution in [1.82, 2.24) is 5.32 Å². The van der Waals surface area contributed by atoms with E-state index in [0.29, 0.717) is 12.1 Å². The van der Waals surface area contributed by atoms with Gasteiger partial charge in [-0.15, -0.1) is 0 Å². The van der Waals surface area contributed by atoms with Gasteiger partial charge in [-0.1, -0.05) is 38.1 Å². The number of hydrogen-bond donors (Lipinski definition) is 1. The van der Waals surface area contributed by atoms with Gasteiger partial charge in [0.15, 0.2) is 0 Å². The summed E-state index contributed by atoms with van der Waals surface area (Å²) in [7, 11) is -3.45. The van der Waals surface area contributed by atoms with Gasteiger partial charge in [0.05, 0.1) is 18.0 Å². The van der Waals surface area contributed by atoms with Crippen molar-refractivity contribution in [3.8, 4) is 5.75 Å². The first-order valence-corrected chi connectivity index (χ1v) is 13.5. The van der Waals surface area contributed by atoms with Crippen molar-refractivity contribution in [2.24, 2.45) is 0 Å². The fraction of sp³-hybridized carbons (Fsp3) is 0.500. The van der Waals surface area contributed by atoms with Crippen LogP contribution in [0.4, 0.5) is 5.69 Å². The Morgan fingerprint density at radius 3 is 2.36 bits per heavy atom. The van der Waals surface area contributed by atoms with Gasteiger partial charge in [0.2, 0.25) is 15.9 Å². The molecule has 0 aromatic heterocycles. The third kappa shape index (κ3) is 6.08. The topological polar surface area (TPSA) is 75.7 Å². The Kier molecular flexibility index (Phi) is 7.73. The van der Waals surface area contributed by atoms with Gasteiger partial charge in [0, 0.05) is 24.9 Å². The Balaban J connectivity index is 1.68. The molecule has 3 rings (SSSR count). The number of amides is 1. The molecule has 0 saturated carbocycles. The zero-order valence-electron chi connectivity index (χ0n) is 20.3. The summed E-state index contributed by atoms with van der Waals surface area (Å²) in [6, 6.07) is 13.5. The van der Waals surface area contributed by atoms with Crippen LogP contribution in [-0.4, -0.2) is 32.7 Å². The molecule has 0 spiro atoms. The van der Waals surface area contributed by atoms with Crippen LogP contribution < -0.4 is 14.4 Å². The molecule has 0 radical (unpaired) electrons. The zero-order chi connectivity index (χ0) is 24.2. The van der Waals surface area contributed by atoms with E-state index in [9.17, 15) is 13.2 Å². The zero-order valence-corrected chi connectivity index (χ0v) is 21.2. The Morgan fingerprint density at radius 2 is 1.76 bits per heavy atom. The lowest BCUT2D eigenvalue weighted by molar-refractivity contribution is -0.122. The molecular formula is C26H36N2O4S. The second kappa shape index (κ2) is 10.2. The minimum atomic E-state index is -3.45. The fourth-order valence-corrected chi connectivity index (χ4v) is 5.61. The lowest BCUT2D eigenvalue weighted by Crippen LogP contribution is -2.44. The van der Waals surface area contributed by atoms with Crippen LogP contribution >= 0.6 is 0 Å². The number of hydrogen-bond acceptors (Lipinski definition) is 4. The molecule has 0 saturated heterocycles. The molecule has 1 heterocycles. The average molecular weight is 473 g/mol. The molecule has 0 fully saturated rings. The summed E-state index contributed by atoms with van der Waals surface area (Å²) in [4.78, 5) is 12.9. The summed E-state index contributed by atoms with van der Waals surface area (Å²) in [5.74, 6) is 0.752. The monoisotopic (exact) mass is 472 g/mol. The second-order valence-electron chi connectivity index (χ2n) is 9.14. The molecule has 1 amide bonds. The minimum absolute atomic E-state index is 0.0771. The molecular weight excluding hydrogens is 436 g/mol. The van der Waals surface area contributed by atoms with Gasteiger partial charge >= 0.3 is 0 Å². The highest BCUT2D eigenvalue weighted by molar-refractivity contribution is 7.92. The van der Waals surface area contributed by atoms with E-state index in [1.807, 2.05) is 56.3 Å². The van der Waals surface area contributed by atoms with E-state index >= 15 is 0 Å². The Bertz CT molecular complexity index is 1070. The first-order valence-electron chi connectivity index (χ1n) is 11.7. The summed E-state index contributed by atoms with van der Waals surface area (Å²) < 4.78 is 32.6. The number of carbonyl (C=O) groups is 1. The van der Waals surface area contributed by atoms with Crippen LogP contribution in [0.2, 0.25) is 0 Å². The predicted molar refractivity (Wildman–Crippen MR) is 133 cm³/mol. The molecule has 1 atom stereocenters. The van der Waals surface area contributed by atoms with Gasteiger partial charge in [0.25, 0.3) is 0 Å². The highest BCUT2D eigenvalue weighted by Gasteiger charge is 2.38. The molecule has 0 aliphatic carbocycles. The van der Waals surface area contributed by atoms with E-state index in [0.717, 1.165) is 41.7 Å². The van der Waals surface area contributed by atoms with Gasteiger partial charge in [-0.25, -0.2) is 8.42 Å². The molecule has 6 nitrogen and oxygen atoms in total. The van der Waals surface area contributed by atoms with Crippen LogP contribution in [-0.2, 0) is 14.8 Å². The lowest BCUT2D eigenvalue weighted by atomic mass is 9.83. The molecule has 180 valence electrons. The molecule has 0 bridgehead atoms. The highest BCUT2D eigenvalue weighted by Crippen LogP contribution is 2.42. The standard InChI is InChI=1S/C26H36N2O4S/c1-6-26(7-2)18-23(22-11-8-9-12-24(22)32-26)27-25(29)13-10-14-28(33(5,30)31)21-16-19(3)15-20(4)17-21/h8-9,11-12,15-17,23H,6-7,10,13-14,18H2,1-5H3,(H,27,29). The first-order chi connectivity index (χ1) is 15.6. The normalized spacial score (nSPS) is 17.1. The summed E-state index contributed by atoms with van der Waals surface area (Å²) in [6.45, 7) is 8.38. The van der Waals surface area contributed by atoms with E-state index < -0.39 is 10.0 Å². The molecule has 2 aromatic rings. The number of nitrogens with one attached hydrogen (secondary N) is 1. The van der Waals surface area contributed by atoms with E-state index in [2.05, 4.69) is 19.2 Å². The smallest absolute Gasteiger partial charge is 0.232 e. The van der Waals surface area contributed by atoms with Crippen molar-refractivity contribution < 1.29 is 17.9 Å². The van der Waals surface area contributed by atoms with Crippen molar-refractivity contribution in [2.75, 3.05) is 17.1 Å². The molecule has 1 unspecified atom stereocenters. The van der Waals surface area contributed by atoms with Crippen LogP contribution in [0.5, 0.6) is 5.75 Å². The number of ether oxygens (including phenoxy) is 1. The first kappa shape index (κ1) is 25.1. The van der Waals surface area contributed by atoms with E-state index in [4.69, 9.17) is 4.74 Å². The number of rotatable bonds is 9. The number of sulfonamides is 1. The largest absolute Gasteiger partial charge is 0.487 e. The maximum absolute atomic E-state index is 12.9. The summed E-state index contributed by atoms with van der Waals surface area (Å²) in [5, 5.41) is 3.18. The number of carbonyl (C=O) groups excluding carboxylic acids is 1. The highest BCUT2D eigenvalue weighted by atomic mass is 32.2. The number of benzene rings is 2. The SMILES string of the molecule is CCC1(CC)CC(NC(=O)CCCN(c2cc(C)cc(C)c2)S(C)(=O)=O)c2ccccc2O1. The molecule has 1 N–H and O–H groups in total. The second-order valence-corrected chi connectivity index (χ2v) is 11.0. The van der Waals surface area contributed by atoms with Crippen molar-refractivity contribution >= 4 is 21.6 Å². The van der Waals surface area contributed by atoms with Crippen molar-refractivity contribution in [3.05, 3.63) is 59.2 Å².